The lowest BCUT2D eigenvalue weighted by atomic mass is 10.0. The van der Waals surface area contributed by atoms with Crippen LogP contribution in [0.25, 0.3) is 0 Å². The summed E-state index contributed by atoms with van der Waals surface area (Å²) in [7, 11) is 0. The van der Waals surface area contributed by atoms with Crippen LogP contribution in [-0.4, -0.2) is 16.8 Å². The zero-order valence-corrected chi connectivity index (χ0v) is 8.88. The van der Waals surface area contributed by atoms with Gasteiger partial charge in [0.05, 0.1) is 0 Å². The lowest BCUT2D eigenvalue weighted by Gasteiger charge is -2.26. The number of ether oxygens (including phenoxy) is 1. The summed E-state index contributed by atoms with van der Waals surface area (Å²) in [5, 5.41) is 9.02. The molecule has 1 unspecified atom stereocenters. The number of hydrogen-bond donors (Lipinski definition) is 1. The molecule has 0 aliphatic carbocycles. The van der Waals surface area contributed by atoms with Crippen LogP contribution in [0.2, 0.25) is 0 Å². The molecule has 1 aliphatic rings. The van der Waals surface area contributed by atoms with Crippen LogP contribution in [0.1, 0.15) is 18.4 Å². The number of benzene rings is 1. The number of aryl methyl sites for hydroxylation is 1. The zero-order valence-electron chi connectivity index (χ0n) is 8.12. The second kappa shape index (κ2) is 4.37. The van der Waals surface area contributed by atoms with Crippen LogP contribution in [0.15, 0.2) is 18.2 Å². The standard InChI is InChI=1S/C11H12ClFO2/c12-11(14)6-9-3-1-7-5-8(13)2-4-10(7)15-9/h2,4-5,9,11,14H,1,3,6H2/t9-,11?/m1/s1. The summed E-state index contributed by atoms with van der Waals surface area (Å²) in [5.74, 6) is 0.457. The molecular formula is C11H12ClFO2. The van der Waals surface area contributed by atoms with E-state index in [9.17, 15) is 4.39 Å². The maximum Gasteiger partial charge on any atom is 0.131 e. The van der Waals surface area contributed by atoms with Crippen molar-refractivity contribution in [3.63, 3.8) is 0 Å². The maximum absolute atomic E-state index is 12.9. The van der Waals surface area contributed by atoms with E-state index in [0.717, 1.165) is 18.4 Å². The fourth-order valence-electron chi connectivity index (χ4n) is 1.80. The average molecular weight is 231 g/mol. The fraction of sp³-hybridized carbons (Fsp3) is 0.455. The van der Waals surface area contributed by atoms with Crippen LogP contribution >= 0.6 is 11.6 Å². The highest BCUT2D eigenvalue weighted by Crippen LogP contribution is 2.29. The number of fused-ring (bicyclic) bond motifs is 1. The van der Waals surface area contributed by atoms with Gasteiger partial charge in [0, 0.05) is 6.42 Å². The van der Waals surface area contributed by atoms with Crippen molar-refractivity contribution in [3.05, 3.63) is 29.6 Å². The van der Waals surface area contributed by atoms with Crippen molar-refractivity contribution in [2.24, 2.45) is 0 Å². The fourth-order valence-corrected chi connectivity index (χ4v) is 1.99. The second-order valence-electron chi connectivity index (χ2n) is 3.70. The van der Waals surface area contributed by atoms with E-state index in [1.165, 1.54) is 12.1 Å². The van der Waals surface area contributed by atoms with Gasteiger partial charge in [0.2, 0.25) is 0 Å². The molecule has 0 fully saturated rings. The molecule has 0 amide bonds. The highest BCUT2D eigenvalue weighted by molar-refractivity contribution is 6.19. The minimum Gasteiger partial charge on any atom is -0.490 e. The Hall–Kier alpha value is -0.800. The van der Waals surface area contributed by atoms with E-state index in [4.69, 9.17) is 21.4 Å². The van der Waals surface area contributed by atoms with Gasteiger partial charge in [-0.1, -0.05) is 11.6 Å². The molecule has 2 rings (SSSR count). The summed E-state index contributed by atoms with van der Waals surface area (Å²) in [6.45, 7) is 0. The first-order valence-electron chi connectivity index (χ1n) is 4.92. The van der Waals surface area contributed by atoms with Gasteiger partial charge in [-0.15, -0.1) is 0 Å². The molecule has 0 saturated carbocycles. The van der Waals surface area contributed by atoms with Gasteiger partial charge in [-0.3, -0.25) is 0 Å². The van der Waals surface area contributed by atoms with Crippen molar-refractivity contribution in [1.29, 1.82) is 0 Å². The predicted octanol–water partition coefficient (Wildman–Crippen LogP) is 2.47. The van der Waals surface area contributed by atoms with Crippen LogP contribution < -0.4 is 4.74 Å². The van der Waals surface area contributed by atoms with Crippen molar-refractivity contribution in [2.75, 3.05) is 0 Å². The van der Waals surface area contributed by atoms with Gasteiger partial charge in [-0.2, -0.15) is 0 Å². The normalized spacial score (nSPS) is 21.7. The Bertz CT molecular complexity index is 354. The van der Waals surface area contributed by atoms with Gasteiger partial charge in [-0.05, 0) is 36.6 Å². The average Bonchev–Trinajstić information content (AvgIpc) is 2.17. The Morgan fingerprint density at radius 3 is 3.13 bits per heavy atom. The topological polar surface area (TPSA) is 29.5 Å². The van der Waals surface area contributed by atoms with Crippen LogP contribution in [0, 0.1) is 5.82 Å². The van der Waals surface area contributed by atoms with E-state index in [0.29, 0.717) is 12.2 Å². The molecule has 15 heavy (non-hydrogen) atoms. The molecule has 82 valence electrons. The highest BCUT2D eigenvalue weighted by atomic mass is 35.5. The monoisotopic (exact) mass is 230 g/mol. The quantitative estimate of drug-likeness (QED) is 0.791. The van der Waals surface area contributed by atoms with Crippen molar-refractivity contribution >= 4 is 11.6 Å². The summed E-state index contributed by atoms with van der Waals surface area (Å²) in [5.41, 5.74) is 0.00677. The first-order valence-corrected chi connectivity index (χ1v) is 5.36. The molecule has 1 N–H and O–H groups in total. The Balaban J connectivity index is 2.10. The summed E-state index contributed by atoms with van der Waals surface area (Å²) in [4.78, 5) is 0. The molecule has 1 aliphatic heterocycles. The van der Waals surface area contributed by atoms with E-state index in [-0.39, 0.29) is 11.9 Å². The molecule has 1 aromatic carbocycles. The van der Waals surface area contributed by atoms with E-state index >= 15 is 0 Å². The van der Waals surface area contributed by atoms with E-state index in [2.05, 4.69) is 0 Å². The third-order valence-electron chi connectivity index (χ3n) is 2.51. The summed E-state index contributed by atoms with van der Waals surface area (Å²) >= 11 is 5.48. The summed E-state index contributed by atoms with van der Waals surface area (Å²) < 4.78 is 18.5. The zero-order chi connectivity index (χ0) is 10.8. The minimum absolute atomic E-state index is 0.0736. The van der Waals surface area contributed by atoms with E-state index in [1.807, 2.05) is 0 Å². The molecule has 0 aromatic heterocycles. The summed E-state index contributed by atoms with van der Waals surface area (Å²) in [6.07, 6.45) is 1.86. The van der Waals surface area contributed by atoms with Gasteiger partial charge in [-0.25, -0.2) is 4.39 Å². The molecule has 0 saturated heterocycles. The Morgan fingerprint density at radius 1 is 1.60 bits per heavy atom. The molecule has 2 atom stereocenters. The van der Waals surface area contributed by atoms with E-state index < -0.39 is 5.56 Å². The first-order chi connectivity index (χ1) is 7.15. The lowest BCUT2D eigenvalue weighted by molar-refractivity contribution is 0.119. The van der Waals surface area contributed by atoms with Gasteiger partial charge in [0.25, 0.3) is 0 Å². The van der Waals surface area contributed by atoms with Crippen LogP contribution in [0.3, 0.4) is 0 Å². The van der Waals surface area contributed by atoms with Crippen LogP contribution in [-0.2, 0) is 6.42 Å². The molecule has 0 bridgehead atoms. The smallest absolute Gasteiger partial charge is 0.131 e. The Kier molecular flexibility index (Phi) is 3.12. The van der Waals surface area contributed by atoms with Crippen LogP contribution in [0.5, 0.6) is 5.75 Å². The molecule has 1 aromatic rings. The number of halogens is 2. The number of alkyl halides is 1. The maximum atomic E-state index is 12.9. The second-order valence-corrected chi connectivity index (χ2v) is 4.20. The summed E-state index contributed by atoms with van der Waals surface area (Å²) in [6, 6.07) is 4.48. The van der Waals surface area contributed by atoms with Crippen LogP contribution in [0.4, 0.5) is 4.39 Å². The van der Waals surface area contributed by atoms with Gasteiger partial charge < -0.3 is 9.84 Å². The van der Waals surface area contributed by atoms with Crippen molar-refractivity contribution < 1.29 is 14.2 Å². The number of aliphatic hydroxyl groups excluding tert-OH is 1. The molecule has 2 nitrogen and oxygen atoms in total. The van der Waals surface area contributed by atoms with Gasteiger partial charge in [0.1, 0.15) is 23.2 Å². The molecule has 1 heterocycles. The Labute approximate surface area is 92.6 Å². The largest absolute Gasteiger partial charge is 0.490 e. The Morgan fingerprint density at radius 2 is 2.40 bits per heavy atom. The third kappa shape index (κ3) is 2.61. The predicted molar refractivity (Wildman–Crippen MR) is 55.6 cm³/mol. The molecule has 0 radical (unpaired) electrons. The van der Waals surface area contributed by atoms with Gasteiger partial charge >= 0.3 is 0 Å². The van der Waals surface area contributed by atoms with Gasteiger partial charge in [0.15, 0.2) is 0 Å². The van der Waals surface area contributed by atoms with Crippen molar-refractivity contribution in [3.8, 4) is 5.75 Å². The lowest BCUT2D eigenvalue weighted by Crippen LogP contribution is -2.25. The third-order valence-corrected chi connectivity index (χ3v) is 2.69. The number of rotatable bonds is 2. The highest BCUT2D eigenvalue weighted by Gasteiger charge is 2.21. The molecule has 4 heteroatoms. The molecular weight excluding hydrogens is 219 g/mol. The minimum atomic E-state index is -0.878. The van der Waals surface area contributed by atoms with E-state index in [1.54, 1.807) is 6.07 Å². The number of hydrogen-bond acceptors (Lipinski definition) is 2. The van der Waals surface area contributed by atoms with Crippen molar-refractivity contribution in [1.82, 2.24) is 0 Å². The number of aliphatic hydroxyl groups is 1. The van der Waals surface area contributed by atoms with Crippen molar-refractivity contribution in [2.45, 2.75) is 30.9 Å². The first kappa shape index (κ1) is 10.7. The SMILES string of the molecule is OC(Cl)C[C@H]1CCc2cc(F)ccc2O1. The molecule has 0 spiro atoms.